The summed E-state index contributed by atoms with van der Waals surface area (Å²) < 4.78 is 0. The molecule has 7 heteroatoms. The summed E-state index contributed by atoms with van der Waals surface area (Å²) in [5.74, 6) is -1.58. The molecule has 1 atom stereocenters. The fourth-order valence-corrected chi connectivity index (χ4v) is 1.78. The van der Waals surface area contributed by atoms with Gasteiger partial charge in [-0.1, -0.05) is 0 Å². The van der Waals surface area contributed by atoms with Gasteiger partial charge in [0.2, 0.25) is 11.8 Å². The molecule has 0 aromatic heterocycles. The maximum Gasteiger partial charge on any atom is 0.310 e. The second-order valence-electron chi connectivity index (χ2n) is 4.02. The van der Waals surface area contributed by atoms with Crippen LogP contribution in [-0.2, 0) is 14.4 Å². The highest BCUT2D eigenvalue weighted by atomic mass is 16.4. The zero-order valence-corrected chi connectivity index (χ0v) is 8.60. The summed E-state index contributed by atoms with van der Waals surface area (Å²) in [5.41, 5.74) is 0. The first kappa shape index (κ1) is 10.9. The van der Waals surface area contributed by atoms with Gasteiger partial charge in [0.15, 0.2) is 0 Å². The Bertz CT molecular complexity index is 328. The second-order valence-corrected chi connectivity index (χ2v) is 4.02. The number of likely N-dealkylation sites (tertiary alicyclic amines) is 1. The normalized spacial score (nSPS) is 25.9. The molecule has 2 amide bonds. The van der Waals surface area contributed by atoms with Crippen LogP contribution in [0.3, 0.4) is 0 Å². The largest absolute Gasteiger partial charge is 0.481 e. The molecule has 2 fully saturated rings. The average Bonchev–Trinajstić information content (AvgIpc) is 2.15. The van der Waals surface area contributed by atoms with Crippen LogP contribution in [0.5, 0.6) is 0 Å². The van der Waals surface area contributed by atoms with Crippen molar-refractivity contribution in [1.82, 2.24) is 15.5 Å². The Kier molecular flexibility index (Phi) is 2.78. The number of rotatable bonds is 2. The van der Waals surface area contributed by atoms with Gasteiger partial charge >= 0.3 is 5.97 Å². The van der Waals surface area contributed by atoms with Crippen LogP contribution in [0.25, 0.3) is 0 Å². The van der Waals surface area contributed by atoms with Crippen LogP contribution in [0.1, 0.15) is 0 Å². The van der Waals surface area contributed by atoms with Gasteiger partial charge in [-0.25, -0.2) is 0 Å². The summed E-state index contributed by atoms with van der Waals surface area (Å²) in [5, 5.41) is 14.1. The van der Waals surface area contributed by atoms with E-state index >= 15 is 0 Å². The van der Waals surface area contributed by atoms with Gasteiger partial charge in [-0.05, 0) is 0 Å². The number of hydrogen-bond acceptors (Lipinski definition) is 4. The molecule has 3 N–H and O–H groups in total. The molecule has 2 aliphatic heterocycles. The molecule has 0 saturated carbocycles. The van der Waals surface area contributed by atoms with Gasteiger partial charge in [-0.15, -0.1) is 0 Å². The minimum Gasteiger partial charge on any atom is -0.481 e. The Labute approximate surface area is 91.8 Å². The average molecular weight is 227 g/mol. The maximum atomic E-state index is 11.8. The van der Waals surface area contributed by atoms with Crippen molar-refractivity contribution in [3.63, 3.8) is 0 Å². The Morgan fingerprint density at radius 3 is 2.56 bits per heavy atom. The highest BCUT2D eigenvalue weighted by molar-refractivity contribution is 5.88. The molecule has 2 aliphatic rings. The van der Waals surface area contributed by atoms with Crippen molar-refractivity contribution in [3.8, 4) is 0 Å². The number of hydrogen-bond donors (Lipinski definition) is 3. The van der Waals surface area contributed by atoms with Gasteiger partial charge in [0, 0.05) is 19.6 Å². The van der Waals surface area contributed by atoms with Crippen molar-refractivity contribution in [2.24, 2.45) is 5.92 Å². The summed E-state index contributed by atoms with van der Waals surface area (Å²) in [4.78, 5) is 34.7. The third kappa shape index (κ3) is 1.99. The van der Waals surface area contributed by atoms with E-state index in [-0.39, 0.29) is 38.0 Å². The summed E-state index contributed by atoms with van der Waals surface area (Å²) >= 11 is 0. The molecule has 7 nitrogen and oxygen atoms in total. The lowest BCUT2D eigenvalue weighted by Gasteiger charge is -2.39. The molecular formula is C9H13N3O4. The van der Waals surface area contributed by atoms with Crippen LogP contribution in [0.2, 0.25) is 0 Å². The van der Waals surface area contributed by atoms with Crippen molar-refractivity contribution in [2.45, 2.75) is 6.04 Å². The van der Waals surface area contributed by atoms with E-state index in [1.807, 2.05) is 0 Å². The molecule has 0 spiro atoms. The second kappa shape index (κ2) is 4.09. The van der Waals surface area contributed by atoms with Crippen LogP contribution < -0.4 is 10.6 Å². The van der Waals surface area contributed by atoms with Crippen molar-refractivity contribution >= 4 is 17.8 Å². The Morgan fingerprint density at radius 2 is 2.06 bits per heavy atom. The molecule has 16 heavy (non-hydrogen) atoms. The molecule has 1 unspecified atom stereocenters. The van der Waals surface area contributed by atoms with Crippen molar-refractivity contribution in [1.29, 1.82) is 0 Å². The van der Waals surface area contributed by atoms with E-state index in [2.05, 4.69) is 10.6 Å². The molecule has 88 valence electrons. The zero-order valence-electron chi connectivity index (χ0n) is 8.60. The number of carbonyl (C=O) groups excluding carboxylic acids is 2. The van der Waals surface area contributed by atoms with E-state index in [0.29, 0.717) is 0 Å². The number of carbonyl (C=O) groups is 3. The molecule has 2 saturated heterocycles. The van der Waals surface area contributed by atoms with Gasteiger partial charge in [0.05, 0.1) is 12.5 Å². The number of nitrogens with one attached hydrogen (secondary N) is 2. The van der Waals surface area contributed by atoms with E-state index in [4.69, 9.17) is 5.11 Å². The maximum absolute atomic E-state index is 11.8. The van der Waals surface area contributed by atoms with Crippen molar-refractivity contribution in [3.05, 3.63) is 0 Å². The first-order valence-electron chi connectivity index (χ1n) is 5.09. The Hall–Kier alpha value is -1.63. The molecule has 0 aliphatic carbocycles. The van der Waals surface area contributed by atoms with Crippen LogP contribution in [0, 0.1) is 5.92 Å². The lowest BCUT2D eigenvalue weighted by atomic mass is 9.99. The molecular weight excluding hydrogens is 214 g/mol. The smallest absolute Gasteiger partial charge is 0.310 e. The fourth-order valence-electron chi connectivity index (χ4n) is 1.78. The number of carboxylic acids is 1. The number of nitrogens with zero attached hydrogens (tertiary/aromatic N) is 1. The lowest BCUT2D eigenvalue weighted by Crippen LogP contribution is -2.63. The molecule has 0 bridgehead atoms. The van der Waals surface area contributed by atoms with E-state index in [1.165, 1.54) is 4.90 Å². The van der Waals surface area contributed by atoms with Gasteiger partial charge < -0.3 is 15.3 Å². The monoisotopic (exact) mass is 227 g/mol. The zero-order chi connectivity index (χ0) is 11.7. The van der Waals surface area contributed by atoms with Gasteiger partial charge in [-0.3, -0.25) is 19.7 Å². The van der Waals surface area contributed by atoms with Gasteiger partial charge in [0.25, 0.3) is 0 Å². The lowest BCUT2D eigenvalue weighted by molar-refractivity contribution is -0.153. The number of amides is 2. The summed E-state index contributed by atoms with van der Waals surface area (Å²) in [7, 11) is 0. The Balaban J connectivity index is 1.81. The number of piperazine rings is 1. The van der Waals surface area contributed by atoms with Crippen LogP contribution in [-0.4, -0.2) is 60.0 Å². The van der Waals surface area contributed by atoms with Gasteiger partial charge in [0.1, 0.15) is 6.04 Å². The number of aliphatic carboxylic acids is 1. The molecule has 2 heterocycles. The third-order valence-corrected chi connectivity index (χ3v) is 2.85. The van der Waals surface area contributed by atoms with Crippen LogP contribution in [0.15, 0.2) is 0 Å². The minimum absolute atomic E-state index is 0.129. The van der Waals surface area contributed by atoms with Crippen LogP contribution in [0.4, 0.5) is 0 Å². The highest BCUT2D eigenvalue weighted by Gasteiger charge is 2.38. The molecule has 2 rings (SSSR count). The topological polar surface area (TPSA) is 98.7 Å². The van der Waals surface area contributed by atoms with E-state index < -0.39 is 17.9 Å². The molecule has 0 radical (unpaired) electrons. The summed E-state index contributed by atoms with van der Waals surface area (Å²) in [6.45, 7) is 0.930. The van der Waals surface area contributed by atoms with Gasteiger partial charge in [-0.2, -0.15) is 0 Å². The first-order valence-corrected chi connectivity index (χ1v) is 5.09. The molecule has 0 aromatic rings. The fraction of sp³-hybridized carbons (Fsp3) is 0.667. The van der Waals surface area contributed by atoms with Crippen molar-refractivity contribution < 1.29 is 19.5 Å². The van der Waals surface area contributed by atoms with E-state index in [0.717, 1.165) is 0 Å². The third-order valence-electron chi connectivity index (χ3n) is 2.85. The van der Waals surface area contributed by atoms with Crippen LogP contribution >= 0.6 is 0 Å². The molecule has 0 aromatic carbocycles. The minimum atomic E-state index is -0.867. The van der Waals surface area contributed by atoms with E-state index in [9.17, 15) is 14.4 Å². The predicted octanol–water partition coefficient (Wildman–Crippen LogP) is -2.38. The van der Waals surface area contributed by atoms with E-state index in [1.54, 1.807) is 0 Å². The summed E-state index contributed by atoms with van der Waals surface area (Å²) in [6, 6.07) is -0.424. The quantitative estimate of drug-likeness (QED) is 0.489. The first-order chi connectivity index (χ1) is 7.58. The predicted molar refractivity (Wildman–Crippen MR) is 52.5 cm³/mol. The standard InChI is InChI=1S/C9H13N3O4/c13-7-2-10-6(1-11-7)8(14)12-3-5(4-12)9(15)16/h5-6,10H,1-4H2,(H,11,13)(H,15,16). The summed E-state index contributed by atoms with van der Waals surface area (Å²) in [6.07, 6.45) is 0. The number of carboxylic acid groups (broad SMARTS) is 1. The van der Waals surface area contributed by atoms with Crippen molar-refractivity contribution in [2.75, 3.05) is 26.2 Å². The Morgan fingerprint density at radius 1 is 1.38 bits per heavy atom. The highest BCUT2D eigenvalue weighted by Crippen LogP contribution is 2.16. The SMILES string of the molecule is O=C1CNC(C(=O)N2CC(C(=O)O)C2)CN1.